The van der Waals surface area contributed by atoms with Gasteiger partial charge in [-0.3, -0.25) is 14.2 Å². The molecule has 2 aromatic heterocycles. The Morgan fingerprint density at radius 3 is 2.59 bits per heavy atom. The number of hydrogen-bond donors (Lipinski definition) is 1. The van der Waals surface area contributed by atoms with Gasteiger partial charge < -0.3 is 5.32 Å². The standard InChI is InChI=1S/C23H21N3O2S/c1-14-9-10-19(15(2)11-14)25-21(27)16(3)26-13-24-22-18(23(26)28)12-20(29-22)17-7-5-4-6-8-17/h4-13,16H,1-3H3,(H,25,27). The van der Waals surface area contributed by atoms with Gasteiger partial charge in [0.1, 0.15) is 10.9 Å². The second-order valence-electron chi connectivity index (χ2n) is 7.14. The number of carbonyl (C=O) groups excluding carboxylic acids is 1. The molecule has 0 saturated heterocycles. The van der Waals surface area contributed by atoms with Gasteiger partial charge in [-0.05, 0) is 44.0 Å². The molecule has 2 aromatic carbocycles. The molecule has 0 radical (unpaired) electrons. The molecule has 0 aliphatic rings. The molecule has 4 aromatic rings. The molecular formula is C23H21N3O2S. The van der Waals surface area contributed by atoms with E-state index < -0.39 is 6.04 Å². The number of carbonyl (C=O) groups is 1. The Morgan fingerprint density at radius 1 is 1.10 bits per heavy atom. The number of rotatable bonds is 4. The van der Waals surface area contributed by atoms with Crippen molar-refractivity contribution in [1.29, 1.82) is 0 Å². The normalized spacial score (nSPS) is 12.1. The van der Waals surface area contributed by atoms with Crippen molar-refractivity contribution >= 4 is 33.1 Å². The van der Waals surface area contributed by atoms with Gasteiger partial charge in [0.25, 0.3) is 5.56 Å². The molecule has 0 fully saturated rings. The molecule has 0 bridgehead atoms. The SMILES string of the molecule is Cc1ccc(NC(=O)C(C)n2cnc3sc(-c4ccccc4)cc3c2=O)c(C)c1. The van der Waals surface area contributed by atoms with Gasteiger partial charge in [-0.15, -0.1) is 11.3 Å². The van der Waals surface area contributed by atoms with Gasteiger partial charge in [-0.2, -0.15) is 0 Å². The zero-order chi connectivity index (χ0) is 20.5. The molecule has 6 heteroatoms. The van der Waals surface area contributed by atoms with E-state index in [0.717, 1.165) is 27.3 Å². The Kier molecular flexibility index (Phi) is 5.03. The van der Waals surface area contributed by atoms with E-state index in [1.165, 1.54) is 22.2 Å². The lowest BCUT2D eigenvalue weighted by Crippen LogP contribution is -2.31. The molecule has 0 saturated carbocycles. The molecule has 5 nitrogen and oxygen atoms in total. The van der Waals surface area contributed by atoms with Crippen LogP contribution in [-0.2, 0) is 4.79 Å². The second-order valence-corrected chi connectivity index (χ2v) is 8.17. The molecule has 0 aliphatic heterocycles. The van der Waals surface area contributed by atoms with Gasteiger partial charge in [0.15, 0.2) is 0 Å². The van der Waals surface area contributed by atoms with Crippen LogP contribution in [0.25, 0.3) is 20.7 Å². The summed E-state index contributed by atoms with van der Waals surface area (Å²) in [6, 6.07) is 16.9. The van der Waals surface area contributed by atoms with E-state index in [1.54, 1.807) is 6.92 Å². The Balaban J connectivity index is 1.65. The predicted molar refractivity (Wildman–Crippen MR) is 119 cm³/mol. The van der Waals surface area contributed by atoms with Crippen molar-refractivity contribution in [3.63, 3.8) is 0 Å². The maximum Gasteiger partial charge on any atom is 0.262 e. The fourth-order valence-corrected chi connectivity index (χ4v) is 4.27. The molecule has 4 rings (SSSR count). The van der Waals surface area contributed by atoms with E-state index in [0.29, 0.717) is 10.2 Å². The molecule has 29 heavy (non-hydrogen) atoms. The summed E-state index contributed by atoms with van der Waals surface area (Å²) in [5.41, 5.74) is 3.69. The van der Waals surface area contributed by atoms with Gasteiger partial charge in [0.2, 0.25) is 5.91 Å². The van der Waals surface area contributed by atoms with E-state index in [9.17, 15) is 9.59 Å². The van der Waals surface area contributed by atoms with Gasteiger partial charge in [-0.25, -0.2) is 4.98 Å². The molecule has 0 spiro atoms. The van der Waals surface area contributed by atoms with Crippen molar-refractivity contribution in [1.82, 2.24) is 9.55 Å². The number of fused-ring (bicyclic) bond motifs is 1. The summed E-state index contributed by atoms with van der Waals surface area (Å²) in [6.07, 6.45) is 1.46. The summed E-state index contributed by atoms with van der Waals surface area (Å²) >= 11 is 1.47. The highest BCUT2D eigenvalue weighted by molar-refractivity contribution is 7.21. The van der Waals surface area contributed by atoms with Crippen LogP contribution < -0.4 is 10.9 Å². The Labute approximate surface area is 172 Å². The summed E-state index contributed by atoms with van der Waals surface area (Å²) in [4.78, 5) is 31.9. The highest BCUT2D eigenvalue weighted by Gasteiger charge is 2.19. The number of thiophene rings is 1. The number of nitrogens with one attached hydrogen (secondary N) is 1. The van der Waals surface area contributed by atoms with Crippen molar-refractivity contribution in [2.45, 2.75) is 26.8 Å². The van der Waals surface area contributed by atoms with Gasteiger partial charge >= 0.3 is 0 Å². The van der Waals surface area contributed by atoms with E-state index >= 15 is 0 Å². The average Bonchev–Trinajstić information content (AvgIpc) is 3.16. The van der Waals surface area contributed by atoms with E-state index in [4.69, 9.17) is 0 Å². The lowest BCUT2D eigenvalue weighted by atomic mass is 10.1. The third-order valence-corrected chi connectivity index (χ3v) is 6.06. The number of hydrogen-bond acceptors (Lipinski definition) is 4. The van der Waals surface area contributed by atoms with Crippen LogP contribution in [-0.4, -0.2) is 15.5 Å². The minimum absolute atomic E-state index is 0.211. The Hall–Kier alpha value is -3.25. The second kappa shape index (κ2) is 7.64. The lowest BCUT2D eigenvalue weighted by molar-refractivity contribution is -0.118. The largest absolute Gasteiger partial charge is 0.324 e. The molecule has 1 N–H and O–H groups in total. The van der Waals surface area contributed by atoms with Crippen molar-refractivity contribution in [2.24, 2.45) is 0 Å². The van der Waals surface area contributed by atoms with E-state index in [1.807, 2.05) is 68.4 Å². The van der Waals surface area contributed by atoms with Crippen molar-refractivity contribution in [2.75, 3.05) is 5.32 Å². The maximum atomic E-state index is 13.0. The zero-order valence-electron chi connectivity index (χ0n) is 16.5. The number of aromatic nitrogens is 2. The van der Waals surface area contributed by atoms with Crippen LogP contribution >= 0.6 is 11.3 Å². The van der Waals surface area contributed by atoms with Crippen molar-refractivity contribution < 1.29 is 4.79 Å². The molecule has 1 unspecified atom stereocenters. The number of nitrogens with zero attached hydrogens (tertiary/aromatic N) is 2. The highest BCUT2D eigenvalue weighted by atomic mass is 32.1. The molecule has 146 valence electrons. The fraction of sp³-hybridized carbons (Fsp3) is 0.174. The van der Waals surface area contributed by atoms with Crippen LogP contribution in [0.2, 0.25) is 0 Å². The van der Waals surface area contributed by atoms with Gasteiger partial charge in [-0.1, -0.05) is 48.0 Å². The van der Waals surface area contributed by atoms with Crippen LogP contribution in [0.5, 0.6) is 0 Å². The topological polar surface area (TPSA) is 64.0 Å². The van der Waals surface area contributed by atoms with Crippen molar-refractivity contribution in [3.05, 3.63) is 82.4 Å². The third kappa shape index (κ3) is 3.71. The lowest BCUT2D eigenvalue weighted by Gasteiger charge is -2.16. The molecule has 1 atom stereocenters. The molecule has 1 amide bonds. The monoisotopic (exact) mass is 403 g/mol. The summed E-state index contributed by atoms with van der Waals surface area (Å²) in [6.45, 7) is 5.66. The number of benzene rings is 2. The minimum atomic E-state index is -0.680. The number of aryl methyl sites for hydroxylation is 2. The first-order valence-corrected chi connectivity index (χ1v) is 10.2. The Bertz CT molecular complexity index is 1260. The maximum absolute atomic E-state index is 13.0. The molecule has 0 aliphatic carbocycles. The summed E-state index contributed by atoms with van der Waals surface area (Å²) in [5, 5.41) is 3.45. The molecular weight excluding hydrogens is 382 g/mol. The third-order valence-electron chi connectivity index (χ3n) is 4.97. The number of anilines is 1. The van der Waals surface area contributed by atoms with Crippen molar-refractivity contribution in [3.8, 4) is 10.4 Å². The fourth-order valence-electron chi connectivity index (χ4n) is 3.27. The Morgan fingerprint density at radius 2 is 1.86 bits per heavy atom. The quantitative estimate of drug-likeness (QED) is 0.525. The van der Waals surface area contributed by atoms with Crippen LogP contribution in [0.3, 0.4) is 0 Å². The minimum Gasteiger partial charge on any atom is -0.324 e. The summed E-state index contributed by atoms with van der Waals surface area (Å²) in [7, 11) is 0. The predicted octanol–water partition coefficient (Wildman–Crippen LogP) is 4.94. The smallest absolute Gasteiger partial charge is 0.262 e. The first-order valence-electron chi connectivity index (χ1n) is 9.38. The summed E-state index contributed by atoms with van der Waals surface area (Å²) < 4.78 is 1.39. The van der Waals surface area contributed by atoms with Gasteiger partial charge in [0.05, 0.1) is 11.7 Å². The van der Waals surface area contributed by atoms with E-state index in [-0.39, 0.29) is 11.5 Å². The van der Waals surface area contributed by atoms with Crippen LogP contribution in [0.1, 0.15) is 24.1 Å². The summed E-state index contributed by atoms with van der Waals surface area (Å²) in [5.74, 6) is -0.251. The first kappa shape index (κ1) is 19.1. The van der Waals surface area contributed by atoms with Crippen LogP contribution in [0.4, 0.5) is 5.69 Å². The van der Waals surface area contributed by atoms with Crippen LogP contribution in [0.15, 0.2) is 65.7 Å². The highest BCUT2D eigenvalue weighted by Crippen LogP contribution is 2.30. The van der Waals surface area contributed by atoms with Gasteiger partial charge in [0, 0.05) is 10.6 Å². The number of amides is 1. The average molecular weight is 404 g/mol. The van der Waals surface area contributed by atoms with Crippen LogP contribution in [0, 0.1) is 13.8 Å². The zero-order valence-corrected chi connectivity index (χ0v) is 17.3. The van der Waals surface area contributed by atoms with E-state index in [2.05, 4.69) is 10.3 Å². The first-order chi connectivity index (χ1) is 13.9. The molecule has 2 heterocycles.